The summed E-state index contributed by atoms with van der Waals surface area (Å²) in [6.07, 6.45) is -4.35. The molecule has 1 heterocycles. The van der Waals surface area contributed by atoms with Crippen molar-refractivity contribution in [1.82, 2.24) is 10.2 Å². The molecule has 0 amide bonds. The fourth-order valence-electron chi connectivity index (χ4n) is 2.01. The number of anilines is 1. The number of nitrogens with two attached hydrogens (primary N) is 1. The molecule has 0 aliphatic rings. The van der Waals surface area contributed by atoms with Gasteiger partial charge in [0.05, 0.1) is 11.3 Å². The van der Waals surface area contributed by atoms with E-state index in [0.29, 0.717) is 22.4 Å². The molecule has 0 radical (unpaired) electrons. The molecule has 0 aliphatic heterocycles. The van der Waals surface area contributed by atoms with E-state index >= 15 is 0 Å². The molecular formula is C13H12F3N3. The minimum atomic E-state index is -4.35. The Hall–Kier alpha value is -2.11. The molecule has 0 spiro atoms. The standard InChI is InChI=1S/C13H12F3N3/c1-7-5-9(13(14,15)16)6-8(2)12(7)10-3-4-11(17)19-18-10/h3-6H,1-2H3,(H2,17,19). The van der Waals surface area contributed by atoms with Crippen LogP contribution in [0.5, 0.6) is 0 Å². The second-order valence-corrected chi connectivity index (χ2v) is 4.33. The van der Waals surface area contributed by atoms with Gasteiger partial charge < -0.3 is 5.73 Å². The number of nitrogen functional groups attached to an aromatic ring is 1. The fourth-order valence-corrected chi connectivity index (χ4v) is 2.01. The van der Waals surface area contributed by atoms with Crippen molar-refractivity contribution >= 4 is 5.82 Å². The summed E-state index contributed by atoms with van der Waals surface area (Å²) in [7, 11) is 0. The van der Waals surface area contributed by atoms with Crippen molar-refractivity contribution < 1.29 is 13.2 Å². The van der Waals surface area contributed by atoms with Crippen LogP contribution in [-0.4, -0.2) is 10.2 Å². The first kappa shape index (κ1) is 13.3. The van der Waals surface area contributed by atoms with Crippen LogP contribution >= 0.6 is 0 Å². The average molecular weight is 267 g/mol. The lowest BCUT2D eigenvalue weighted by atomic mass is 9.96. The summed E-state index contributed by atoms with van der Waals surface area (Å²) in [5.74, 6) is 0.269. The van der Waals surface area contributed by atoms with Crippen LogP contribution in [0.25, 0.3) is 11.3 Å². The van der Waals surface area contributed by atoms with E-state index in [0.717, 1.165) is 12.1 Å². The SMILES string of the molecule is Cc1cc(C(F)(F)F)cc(C)c1-c1ccc(N)nn1. The Morgan fingerprint density at radius 1 is 1.00 bits per heavy atom. The maximum atomic E-state index is 12.7. The second kappa shape index (κ2) is 4.53. The molecule has 1 aromatic carbocycles. The number of rotatable bonds is 1. The van der Waals surface area contributed by atoms with E-state index in [2.05, 4.69) is 10.2 Å². The summed E-state index contributed by atoms with van der Waals surface area (Å²) < 4.78 is 38.1. The summed E-state index contributed by atoms with van der Waals surface area (Å²) >= 11 is 0. The monoisotopic (exact) mass is 267 g/mol. The van der Waals surface area contributed by atoms with Gasteiger partial charge in [-0.25, -0.2) is 0 Å². The van der Waals surface area contributed by atoms with Gasteiger partial charge in [-0.1, -0.05) is 0 Å². The third-order valence-electron chi connectivity index (χ3n) is 2.80. The smallest absolute Gasteiger partial charge is 0.382 e. The number of halogens is 3. The maximum Gasteiger partial charge on any atom is 0.416 e. The van der Waals surface area contributed by atoms with Gasteiger partial charge in [-0.3, -0.25) is 0 Å². The highest BCUT2D eigenvalue weighted by Gasteiger charge is 2.31. The van der Waals surface area contributed by atoms with Crippen molar-refractivity contribution in [2.24, 2.45) is 0 Å². The molecule has 0 saturated carbocycles. The minimum Gasteiger partial charge on any atom is -0.382 e. The summed E-state index contributed by atoms with van der Waals surface area (Å²) in [4.78, 5) is 0. The van der Waals surface area contributed by atoms with E-state index in [1.165, 1.54) is 0 Å². The number of hydrogen-bond donors (Lipinski definition) is 1. The molecule has 1 aromatic heterocycles. The van der Waals surface area contributed by atoms with E-state index < -0.39 is 11.7 Å². The summed E-state index contributed by atoms with van der Waals surface area (Å²) in [5.41, 5.74) is 6.96. The predicted molar refractivity (Wildman–Crippen MR) is 66.4 cm³/mol. The van der Waals surface area contributed by atoms with Crippen LogP contribution in [0.2, 0.25) is 0 Å². The third-order valence-corrected chi connectivity index (χ3v) is 2.80. The molecule has 2 N–H and O–H groups in total. The van der Waals surface area contributed by atoms with Gasteiger partial charge in [0.1, 0.15) is 5.82 Å². The average Bonchev–Trinajstić information content (AvgIpc) is 2.29. The van der Waals surface area contributed by atoms with Crippen LogP contribution in [0, 0.1) is 13.8 Å². The molecule has 0 bridgehead atoms. The Balaban J connectivity index is 2.57. The van der Waals surface area contributed by atoms with Crippen molar-refractivity contribution in [3.05, 3.63) is 41.0 Å². The lowest BCUT2D eigenvalue weighted by Gasteiger charge is -2.13. The Morgan fingerprint density at radius 3 is 2.00 bits per heavy atom. The molecule has 2 rings (SSSR count). The Labute approximate surface area is 108 Å². The van der Waals surface area contributed by atoms with Crippen LogP contribution in [-0.2, 0) is 6.18 Å². The maximum absolute atomic E-state index is 12.7. The minimum absolute atomic E-state index is 0.269. The number of nitrogens with zero attached hydrogens (tertiary/aromatic N) is 2. The van der Waals surface area contributed by atoms with E-state index in [-0.39, 0.29) is 5.82 Å². The van der Waals surface area contributed by atoms with Gasteiger partial charge in [0.25, 0.3) is 0 Å². The molecule has 19 heavy (non-hydrogen) atoms. The van der Waals surface area contributed by atoms with Gasteiger partial charge in [-0.15, -0.1) is 10.2 Å². The first-order valence-corrected chi connectivity index (χ1v) is 5.57. The topological polar surface area (TPSA) is 51.8 Å². The van der Waals surface area contributed by atoms with Gasteiger partial charge in [0.15, 0.2) is 0 Å². The number of aromatic nitrogens is 2. The molecule has 2 aromatic rings. The molecule has 0 atom stereocenters. The van der Waals surface area contributed by atoms with Crippen LogP contribution in [0.1, 0.15) is 16.7 Å². The van der Waals surface area contributed by atoms with E-state index in [9.17, 15) is 13.2 Å². The normalized spacial score (nSPS) is 11.6. The molecular weight excluding hydrogens is 255 g/mol. The zero-order chi connectivity index (χ0) is 14.2. The third kappa shape index (κ3) is 2.67. The summed E-state index contributed by atoms with van der Waals surface area (Å²) in [6.45, 7) is 3.24. The van der Waals surface area contributed by atoms with Gasteiger partial charge >= 0.3 is 6.18 Å². The van der Waals surface area contributed by atoms with Crippen molar-refractivity contribution in [2.75, 3.05) is 5.73 Å². The zero-order valence-corrected chi connectivity index (χ0v) is 10.4. The fraction of sp³-hybridized carbons (Fsp3) is 0.231. The first-order valence-electron chi connectivity index (χ1n) is 5.57. The van der Waals surface area contributed by atoms with Crippen LogP contribution in [0.15, 0.2) is 24.3 Å². The number of benzene rings is 1. The van der Waals surface area contributed by atoms with E-state index in [1.807, 2.05) is 0 Å². The summed E-state index contributed by atoms with van der Waals surface area (Å²) in [5, 5.41) is 7.62. The van der Waals surface area contributed by atoms with Crippen molar-refractivity contribution in [2.45, 2.75) is 20.0 Å². The Bertz CT molecular complexity index is 581. The Kier molecular flexibility index (Phi) is 3.18. The second-order valence-electron chi connectivity index (χ2n) is 4.33. The first-order chi connectivity index (χ1) is 8.79. The van der Waals surface area contributed by atoms with Crippen LogP contribution in [0.4, 0.5) is 19.0 Å². The quantitative estimate of drug-likeness (QED) is 0.861. The number of alkyl halides is 3. The largest absolute Gasteiger partial charge is 0.416 e. The number of hydrogen-bond acceptors (Lipinski definition) is 3. The van der Waals surface area contributed by atoms with Crippen molar-refractivity contribution in [3.63, 3.8) is 0 Å². The molecule has 0 fully saturated rings. The highest BCUT2D eigenvalue weighted by Crippen LogP contribution is 2.34. The molecule has 0 aliphatic carbocycles. The van der Waals surface area contributed by atoms with Crippen molar-refractivity contribution in [3.8, 4) is 11.3 Å². The molecule has 6 heteroatoms. The lowest BCUT2D eigenvalue weighted by Crippen LogP contribution is -2.07. The van der Waals surface area contributed by atoms with E-state index in [1.54, 1.807) is 26.0 Å². The van der Waals surface area contributed by atoms with Gasteiger partial charge in [0.2, 0.25) is 0 Å². The van der Waals surface area contributed by atoms with Gasteiger partial charge in [-0.2, -0.15) is 13.2 Å². The molecule has 3 nitrogen and oxygen atoms in total. The zero-order valence-electron chi connectivity index (χ0n) is 10.4. The van der Waals surface area contributed by atoms with Crippen molar-refractivity contribution in [1.29, 1.82) is 0 Å². The van der Waals surface area contributed by atoms with Gasteiger partial charge in [0, 0.05) is 5.56 Å². The molecule has 0 saturated heterocycles. The number of aryl methyl sites for hydroxylation is 2. The Morgan fingerprint density at radius 2 is 1.58 bits per heavy atom. The van der Waals surface area contributed by atoms with Crippen LogP contribution < -0.4 is 5.73 Å². The molecule has 100 valence electrons. The summed E-state index contributed by atoms with van der Waals surface area (Å²) in [6, 6.07) is 5.44. The highest BCUT2D eigenvalue weighted by atomic mass is 19.4. The van der Waals surface area contributed by atoms with Crippen LogP contribution in [0.3, 0.4) is 0 Å². The molecule has 0 unspecified atom stereocenters. The van der Waals surface area contributed by atoms with Gasteiger partial charge in [-0.05, 0) is 49.2 Å². The predicted octanol–water partition coefficient (Wildman–Crippen LogP) is 3.36. The highest BCUT2D eigenvalue weighted by molar-refractivity contribution is 5.68. The lowest BCUT2D eigenvalue weighted by molar-refractivity contribution is -0.137. The van der Waals surface area contributed by atoms with E-state index in [4.69, 9.17) is 5.73 Å².